The molecule has 0 aliphatic rings. The third kappa shape index (κ3) is 4.37. The Bertz CT molecular complexity index is 611. The van der Waals surface area contributed by atoms with E-state index >= 15 is 0 Å². The molecule has 0 aromatic carbocycles. The summed E-state index contributed by atoms with van der Waals surface area (Å²) in [6.07, 6.45) is 2.41. The van der Waals surface area contributed by atoms with Crippen LogP contribution in [0.3, 0.4) is 0 Å². The topological polar surface area (TPSA) is 80.9 Å². The first-order valence-corrected chi connectivity index (χ1v) is 6.90. The molecule has 1 amide bonds. The molecule has 0 bridgehead atoms. The van der Waals surface area contributed by atoms with Crippen LogP contribution in [-0.2, 0) is 16.6 Å². The fraction of sp³-hybridized carbons (Fsp3) is 0.467. The predicted molar refractivity (Wildman–Crippen MR) is 78.9 cm³/mol. The first-order valence-electron chi connectivity index (χ1n) is 6.90. The summed E-state index contributed by atoms with van der Waals surface area (Å²) in [5.41, 5.74) is 0.893. The van der Waals surface area contributed by atoms with Crippen molar-refractivity contribution in [2.45, 2.75) is 46.0 Å². The molecule has 0 saturated carbocycles. The van der Waals surface area contributed by atoms with E-state index in [0.29, 0.717) is 24.0 Å². The van der Waals surface area contributed by atoms with Gasteiger partial charge in [0, 0.05) is 24.5 Å². The zero-order chi connectivity index (χ0) is 15.5. The molecule has 0 atom stereocenters. The first-order chi connectivity index (χ1) is 9.84. The SMILES string of the molecule is Cc1ccc(NC(=O)CCc2nc(C(C)(C)C)no2)nc1. The lowest BCUT2D eigenvalue weighted by Gasteiger charge is -2.10. The quantitative estimate of drug-likeness (QED) is 0.935. The largest absolute Gasteiger partial charge is 0.339 e. The average Bonchev–Trinajstić information content (AvgIpc) is 2.88. The fourth-order valence-corrected chi connectivity index (χ4v) is 1.63. The molecule has 0 unspecified atom stereocenters. The smallest absolute Gasteiger partial charge is 0.227 e. The maximum Gasteiger partial charge on any atom is 0.227 e. The van der Waals surface area contributed by atoms with Crippen molar-refractivity contribution in [3.8, 4) is 0 Å². The lowest BCUT2D eigenvalue weighted by molar-refractivity contribution is -0.116. The normalized spacial score (nSPS) is 11.4. The Morgan fingerprint density at radius 2 is 2.10 bits per heavy atom. The van der Waals surface area contributed by atoms with Crippen LogP contribution in [0.25, 0.3) is 0 Å². The molecule has 6 heteroatoms. The highest BCUT2D eigenvalue weighted by molar-refractivity contribution is 5.89. The van der Waals surface area contributed by atoms with Gasteiger partial charge in [-0.15, -0.1) is 0 Å². The standard InChI is InChI=1S/C15H20N4O2/c1-10-5-6-11(16-9-10)17-12(20)7-8-13-18-14(19-21-13)15(2,3)4/h5-6,9H,7-8H2,1-4H3,(H,16,17,20). The van der Waals surface area contributed by atoms with Gasteiger partial charge in [-0.2, -0.15) is 4.98 Å². The predicted octanol–water partition coefficient (Wildman–Crippen LogP) is 2.64. The lowest BCUT2D eigenvalue weighted by Crippen LogP contribution is -2.14. The maximum atomic E-state index is 11.8. The number of nitrogens with zero attached hydrogens (tertiary/aromatic N) is 3. The van der Waals surface area contributed by atoms with Crippen molar-refractivity contribution >= 4 is 11.7 Å². The summed E-state index contributed by atoms with van der Waals surface area (Å²) in [5.74, 6) is 1.55. The Morgan fingerprint density at radius 3 is 2.67 bits per heavy atom. The van der Waals surface area contributed by atoms with Gasteiger partial charge in [-0.3, -0.25) is 4.79 Å². The first kappa shape index (κ1) is 15.2. The number of carbonyl (C=O) groups excluding carboxylic acids is 1. The average molecular weight is 288 g/mol. The van der Waals surface area contributed by atoms with Crippen molar-refractivity contribution in [1.82, 2.24) is 15.1 Å². The number of nitrogens with one attached hydrogen (secondary N) is 1. The Labute approximate surface area is 124 Å². The molecule has 2 aromatic heterocycles. The minimum atomic E-state index is -0.157. The number of aromatic nitrogens is 3. The van der Waals surface area contributed by atoms with Crippen LogP contribution in [0.1, 0.15) is 44.5 Å². The lowest BCUT2D eigenvalue weighted by atomic mass is 9.96. The van der Waals surface area contributed by atoms with E-state index in [4.69, 9.17) is 4.52 Å². The van der Waals surface area contributed by atoms with Crippen LogP contribution in [0.5, 0.6) is 0 Å². The highest BCUT2D eigenvalue weighted by atomic mass is 16.5. The second kappa shape index (κ2) is 6.03. The van der Waals surface area contributed by atoms with E-state index in [0.717, 1.165) is 5.56 Å². The van der Waals surface area contributed by atoms with Crippen molar-refractivity contribution in [2.24, 2.45) is 0 Å². The number of pyridine rings is 1. The van der Waals surface area contributed by atoms with Crippen molar-refractivity contribution in [2.75, 3.05) is 5.32 Å². The van der Waals surface area contributed by atoms with Crippen molar-refractivity contribution in [1.29, 1.82) is 0 Å². The van der Waals surface area contributed by atoms with Crippen molar-refractivity contribution in [3.05, 3.63) is 35.6 Å². The van der Waals surface area contributed by atoms with Crippen molar-refractivity contribution < 1.29 is 9.32 Å². The molecule has 0 saturated heterocycles. The van der Waals surface area contributed by atoms with Gasteiger partial charge in [0.2, 0.25) is 11.8 Å². The molecule has 112 valence electrons. The molecule has 0 radical (unpaired) electrons. The van der Waals surface area contributed by atoms with Gasteiger partial charge in [-0.25, -0.2) is 4.98 Å². The van der Waals surface area contributed by atoms with Gasteiger partial charge in [0.15, 0.2) is 5.82 Å². The van der Waals surface area contributed by atoms with Crippen LogP contribution in [0, 0.1) is 6.92 Å². The van der Waals surface area contributed by atoms with Crippen molar-refractivity contribution in [3.63, 3.8) is 0 Å². The Hall–Kier alpha value is -2.24. The van der Waals surface area contributed by atoms with Crippen LogP contribution in [-0.4, -0.2) is 21.0 Å². The van der Waals surface area contributed by atoms with Gasteiger partial charge in [-0.05, 0) is 18.6 Å². The van der Waals surface area contributed by atoms with Gasteiger partial charge >= 0.3 is 0 Å². The van der Waals surface area contributed by atoms with Gasteiger partial charge < -0.3 is 9.84 Å². The zero-order valence-corrected chi connectivity index (χ0v) is 12.8. The minimum absolute atomic E-state index is 0.123. The van der Waals surface area contributed by atoms with Gasteiger partial charge in [0.1, 0.15) is 5.82 Å². The number of anilines is 1. The number of aryl methyl sites for hydroxylation is 2. The number of hydrogen-bond acceptors (Lipinski definition) is 5. The molecule has 2 heterocycles. The maximum absolute atomic E-state index is 11.8. The van der Waals surface area contributed by atoms with Crippen LogP contribution in [0.2, 0.25) is 0 Å². The summed E-state index contributed by atoms with van der Waals surface area (Å²) < 4.78 is 5.15. The van der Waals surface area contributed by atoms with E-state index in [2.05, 4.69) is 20.4 Å². The Kier molecular flexibility index (Phi) is 4.35. The minimum Gasteiger partial charge on any atom is -0.339 e. The monoisotopic (exact) mass is 288 g/mol. The van der Waals surface area contributed by atoms with E-state index in [9.17, 15) is 4.79 Å². The second-order valence-corrected chi connectivity index (χ2v) is 6.03. The molecule has 21 heavy (non-hydrogen) atoms. The molecule has 6 nitrogen and oxygen atoms in total. The molecular formula is C15H20N4O2. The van der Waals surface area contributed by atoms with Crippen LogP contribution >= 0.6 is 0 Å². The molecule has 2 rings (SSSR count). The summed E-state index contributed by atoms with van der Waals surface area (Å²) in [5, 5.41) is 6.67. The Morgan fingerprint density at radius 1 is 1.33 bits per heavy atom. The molecule has 0 aliphatic carbocycles. The van der Waals surface area contributed by atoms with Crippen LogP contribution in [0.4, 0.5) is 5.82 Å². The zero-order valence-electron chi connectivity index (χ0n) is 12.8. The summed E-state index contributed by atoms with van der Waals surface area (Å²) in [7, 11) is 0. The number of hydrogen-bond donors (Lipinski definition) is 1. The summed E-state index contributed by atoms with van der Waals surface area (Å²) in [6, 6.07) is 3.67. The third-order valence-electron chi connectivity index (χ3n) is 2.88. The van der Waals surface area contributed by atoms with Gasteiger partial charge in [0.05, 0.1) is 0 Å². The van der Waals surface area contributed by atoms with E-state index in [1.807, 2.05) is 33.8 Å². The molecule has 1 N–H and O–H groups in total. The molecule has 0 fully saturated rings. The number of amides is 1. The Balaban J connectivity index is 1.86. The van der Waals surface area contributed by atoms with Crippen LogP contribution < -0.4 is 5.32 Å². The summed E-state index contributed by atoms with van der Waals surface area (Å²) in [6.45, 7) is 7.98. The molecule has 0 spiro atoms. The van der Waals surface area contributed by atoms with Gasteiger partial charge in [-0.1, -0.05) is 32.0 Å². The number of carbonyl (C=O) groups is 1. The highest BCUT2D eigenvalue weighted by Gasteiger charge is 2.21. The van der Waals surface area contributed by atoms with E-state index < -0.39 is 0 Å². The summed E-state index contributed by atoms with van der Waals surface area (Å²) in [4.78, 5) is 20.3. The second-order valence-electron chi connectivity index (χ2n) is 6.03. The highest BCUT2D eigenvalue weighted by Crippen LogP contribution is 2.18. The van der Waals surface area contributed by atoms with Gasteiger partial charge in [0.25, 0.3) is 0 Å². The summed E-state index contributed by atoms with van der Waals surface area (Å²) >= 11 is 0. The molecule has 0 aliphatic heterocycles. The number of rotatable bonds is 4. The van der Waals surface area contributed by atoms with Crippen LogP contribution in [0.15, 0.2) is 22.9 Å². The van der Waals surface area contributed by atoms with E-state index in [-0.39, 0.29) is 17.7 Å². The third-order valence-corrected chi connectivity index (χ3v) is 2.88. The fourth-order valence-electron chi connectivity index (χ4n) is 1.63. The molecule has 2 aromatic rings. The molecular weight excluding hydrogens is 268 g/mol. The van der Waals surface area contributed by atoms with E-state index in [1.54, 1.807) is 12.3 Å². The van der Waals surface area contributed by atoms with E-state index in [1.165, 1.54) is 0 Å².